The Morgan fingerprint density at radius 3 is 1.60 bits per heavy atom. The molecule has 0 rings (SSSR count). The summed E-state index contributed by atoms with van der Waals surface area (Å²) in [7, 11) is -2.69. The van der Waals surface area contributed by atoms with Crippen molar-refractivity contribution >= 4 is 20.2 Å². The van der Waals surface area contributed by atoms with E-state index in [1.807, 2.05) is 0 Å². The third-order valence-corrected chi connectivity index (χ3v) is 1.42. The van der Waals surface area contributed by atoms with E-state index in [1.165, 1.54) is 0 Å². The molecule has 0 aliphatic heterocycles. The number of hydrogen-bond acceptors (Lipinski definition) is 3. The number of carbonyl (C=O) groups is 2. The molecule has 0 aromatic rings. The molecule has 7 nitrogen and oxygen atoms in total. The fraction of sp³-hybridized carbons (Fsp3) is 0. The van der Waals surface area contributed by atoms with Crippen molar-refractivity contribution < 1.29 is 14.2 Å². The maximum atomic E-state index is 10.4. The van der Waals surface area contributed by atoms with Crippen molar-refractivity contribution in [1.29, 1.82) is 0 Å². The van der Waals surface area contributed by atoms with Gasteiger partial charge in [0.2, 0.25) is 0 Å². The third kappa shape index (κ3) is 4.92. The highest BCUT2D eigenvalue weighted by Crippen LogP contribution is 2.03. The zero-order chi connectivity index (χ0) is 8.15. The third-order valence-electron chi connectivity index (χ3n) is 0.473. The fourth-order valence-electron chi connectivity index (χ4n) is 0.255. The van der Waals surface area contributed by atoms with Crippen LogP contribution in [0.15, 0.2) is 0 Å². The highest BCUT2D eigenvalue weighted by molar-refractivity contribution is 7.41. The van der Waals surface area contributed by atoms with E-state index in [0.717, 1.165) is 0 Å². The summed E-state index contributed by atoms with van der Waals surface area (Å²) in [6.45, 7) is 0. The number of amides is 4. The topological polar surface area (TPSA) is 127 Å². The van der Waals surface area contributed by atoms with Gasteiger partial charge in [0, 0.05) is 0 Å². The Labute approximate surface area is 57.0 Å². The SMILES string of the molecule is NC(=O)N[PH](=O)NC(N)=O. The summed E-state index contributed by atoms with van der Waals surface area (Å²) in [6, 6.07) is -1.95. The van der Waals surface area contributed by atoms with Gasteiger partial charge in [-0.2, -0.15) is 0 Å². The average Bonchev–Trinajstić information content (AvgIpc) is 1.58. The van der Waals surface area contributed by atoms with Gasteiger partial charge in [-0.1, -0.05) is 0 Å². The summed E-state index contributed by atoms with van der Waals surface area (Å²) >= 11 is 0. The second kappa shape index (κ2) is 3.73. The highest BCUT2D eigenvalue weighted by Gasteiger charge is 2.01. The smallest absolute Gasteiger partial charge is 0.318 e. The molecule has 0 aromatic carbocycles. The molecule has 0 fully saturated rings. The van der Waals surface area contributed by atoms with E-state index in [0.29, 0.717) is 0 Å². The summed E-state index contributed by atoms with van der Waals surface area (Å²) in [5.41, 5.74) is 9.10. The lowest BCUT2D eigenvalue weighted by Crippen LogP contribution is -2.31. The largest absolute Gasteiger partial charge is 0.351 e. The first kappa shape index (κ1) is 8.77. The van der Waals surface area contributed by atoms with Gasteiger partial charge in [-0.15, -0.1) is 0 Å². The summed E-state index contributed by atoms with van der Waals surface area (Å²) in [6.07, 6.45) is 0. The Morgan fingerprint density at radius 2 is 1.40 bits per heavy atom. The van der Waals surface area contributed by atoms with Crippen LogP contribution in [0.25, 0.3) is 0 Å². The molecule has 0 atom stereocenters. The fourth-order valence-corrected chi connectivity index (χ4v) is 0.765. The molecule has 10 heavy (non-hydrogen) atoms. The standard InChI is InChI=1S/C2H7N4O3P/c3-1(7)5-10(9)6-2(4)8/h10H,(H6,3,4,5,6,7,8,9). The van der Waals surface area contributed by atoms with Gasteiger partial charge in [0.15, 0.2) is 0 Å². The first-order valence-corrected chi connectivity index (χ1v) is 3.60. The predicted molar refractivity (Wildman–Crippen MR) is 34.4 cm³/mol. The molecule has 0 saturated carbocycles. The van der Waals surface area contributed by atoms with E-state index < -0.39 is 20.2 Å². The van der Waals surface area contributed by atoms with Gasteiger partial charge in [-0.3, -0.25) is 14.7 Å². The maximum absolute atomic E-state index is 10.4. The van der Waals surface area contributed by atoms with Crippen molar-refractivity contribution in [3.05, 3.63) is 0 Å². The quantitative estimate of drug-likeness (QED) is 0.381. The highest BCUT2D eigenvalue weighted by atomic mass is 31.1. The minimum Gasteiger partial charge on any atom is -0.351 e. The van der Waals surface area contributed by atoms with E-state index in [2.05, 4.69) is 11.5 Å². The lowest BCUT2D eigenvalue weighted by Gasteiger charge is -2.00. The molecular formula is C2H7N4O3P. The van der Waals surface area contributed by atoms with Gasteiger partial charge in [-0.25, -0.2) is 9.59 Å². The molecule has 0 aliphatic carbocycles. The Kier molecular flexibility index (Phi) is 3.27. The van der Waals surface area contributed by atoms with Gasteiger partial charge >= 0.3 is 12.1 Å². The molecule has 0 aromatic heterocycles. The molecule has 4 amide bonds. The zero-order valence-electron chi connectivity index (χ0n) is 4.88. The first-order valence-electron chi connectivity index (χ1n) is 2.19. The monoisotopic (exact) mass is 166 g/mol. The minimum absolute atomic E-state index is 0.974. The molecule has 8 heteroatoms. The molecule has 0 radical (unpaired) electrons. The number of nitrogens with one attached hydrogen (secondary N) is 2. The van der Waals surface area contributed by atoms with E-state index >= 15 is 0 Å². The van der Waals surface area contributed by atoms with Crippen LogP contribution in [0.4, 0.5) is 9.59 Å². The van der Waals surface area contributed by atoms with Crippen molar-refractivity contribution in [2.45, 2.75) is 0 Å². The van der Waals surface area contributed by atoms with Crippen molar-refractivity contribution in [3.63, 3.8) is 0 Å². The van der Waals surface area contributed by atoms with Crippen LogP contribution in [0.3, 0.4) is 0 Å². The van der Waals surface area contributed by atoms with Crippen LogP contribution in [-0.4, -0.2) is 12.1 Å². The Morgan fingerprint density at radius 1 is 1.10 bits per heavy atom. The van der Waals surface area contributed by atoms with Gasteiger partial charge < -0.3 is 11.5 Å². The van der Waals surface area contributed by atoms with Crippen LogP contribution < -0.4 is 21.6 Å². The van der Waals surface area contributed by atoms with Crippen molar-refractivity contribution in [1.82, 2.24) is 10.2 Å². The van der Waals surface area contributed by atoms with E-state index in [9.17, 15) is 14.2 Å². The van der Waals surface area contributed by atoms with Crippen molar-refractivity contribution in [2.75, 3.05) is 0 Å². The molecule has 6 N–H and O–H groups in total. The molecule has 0 bridgehead atoms. The maximum Gasteiger partial charge on any atom is 0.318 e. The normalized spacial score (nSPS) is 8.90. The number of nitrogens with two attached hydrogens (primary N) is 2. The zero-order valence-corrected chi connectivity index (χ0v) is 5.88. The Hall–Kier alpha value is -1.23. The second-order valence-electron chi connectivity index (χ2n) is 1.31. The minimum atomic E-state index is -2.69. The molecule has 0 heterocycles. The number of urea groups is 2. The van der Waals surface area contributed by atoms with Crippen LogP contribution in [0, 0.1) is 0 Å². The summed E-state index contributed by atoms with van der Waals surface area (Å²) in [5, 5.41) is 3.49. The summed E-state index contributed by atoms with van der Waals surface area (Å²) < 4.78 is 10.4. The Bertz CT molecular complexity index is 161. The molecule has 0 unspecified atom stereocenters. The van der Waals surface area contributed by atoms with Gasteiger partial charge in [0.1, 0.15) is 0 Å². The lowest BCUT2D eigenvalue weighted by molar-refractivity contribution is 0.252. The number of hydrogen-bond donors (Lipinski definition) is 4. The van der Waals surface area contributed by atoms with Gasteiger partial charge in [0.05, 0.1) is 0 Å². The Balaban J connectivity index is 3.65. The van der Waals surface area contributed by atoms with Crippen LogP contribution in [0.5, 0.6) is 0 Å². The van der Waals surface area contributed by atoms with Gasteiger partial charge in [0.25, 0.3) is 8.10 Å². The van der Waals surface area contributed by atoms with Crippen LogP contribution >= 0.6 is 8.10 Å². The number of carbonyl (C=O) groups excluding carboxylic acids is 2. The molecule has 0 aliphatic rings. The average molecular weight is 166 g/mol. The van der Waals surface area contributed by atoms with Crippen LogP contribution in [0.2, 0.25) is 0 Å². The number of primary amides is 2. The van der Waals surface area contributed by atoms with Gasteiger partial charge in [-0.05, 0) is 0 Å². The predicted octanol–water partition coefficient (Wildman–Crippen LogP) is -1.29. The molecular weight excluding hydrogens is 159 g/mol. The number of rotatable bonds is 2. The summed E-state index contributed by atoms with van der Waals surface area (Å²) in [4.78, 5) is 19.9. The molecule has 0 spiro atoms. The second-order valence-corrected chi connectivity index (χ2v) is 2.47. The van der Waals surface area contributed by atoms with Crippen molar-refractivity contribution in [3.8, 4) is 0 Å². The van der Waals surface area contributed by atoms with Crippen molar-refractivity contribution in [2.24, 2.45) is 11.5 Å². The van der Waals surface area contributed by atoms with Crippen LogP contribution in [-0.2, 0) is 4.57 Å². The lowest BCUT2D eigenvalue weighted by atomic mass is 11.2. The molecule has 0 saturated heterocycles. The summed E-state index contributed by atoms with van der Waals surface area (Å²) in [5.74, 6) is 0. The van der Waals surface area contributed by atoms with E-state index in [4.69, 9.17) is 0 Å². The first-order chi connectivity index (χ1) is 4.52. The van der Waals surface area contributed by atoms with E-state index in [-0.39, 0.29) is 0 Å². The van der Waals surface area contributed by atoms with E-state index in [1.54, 1.807) is 10.2 Å². The van der Waals surface area contributed by atoms with Crippen LogP contribution in [0.1, 0.15) is 0 Å². The molecule has 58 valence electrons.